The molecule has 1 aromatic heterocycles. The predicted octanol–water partition coefficient (Wildman–Crippen LogP) is 3.03. The van der Waals surface area contributed by atoms with E-state index < -0.39 is 47.9 Å². The van der Waals surface area contributed by atoms with Gasteiger partial charge in [-0.3, -0.25) is 9.78 Å². The third-order valence-corrected chi connectivity index (χ3v) is 2.40. The number of rotatable bonds is 6. The lowest BCUT2D eigenvalue weighted by molar-refractivity contribution is -0.275. The number of alkyl halides is 5. The number of ether oxygens (including phenoxy) is 3. The Hall–Kier alpha value is -2.13. The fourth-order valence-corrected chi connectivity index (χ4v) is 1.62. The molecule has 1 aromatic rings. The number of pyridine rings is 1. The lowest BCUT2D eigenvalue weighted by atomic mass is 10.1. The van der Waals surface area contributed by atoms with E-state index in [1.54, 1.807) is 0 Å². The van der Waals surface area contributed by atoms with Gasteiger partial charge < -0.3 is 14.2 Å². The first-order chi connectivity index (χ1) is 10.2. The van der Waals surface area contributed by atoms with Crippen LogP contribution in [0.5, 0.6) is 11.5 Å². The topological polar surface area (TPSA) is 57.7 Å². The molecule has 0 fully saturated rings. The number of hydrogen-bond donors (Lipinski definition) is 0. The van der Waals surface area contributed by atoms with Crippen LogP contribution in [0.3, 0.4) is 0 Å². The van der Waals surface area contributed by atoms with E-state index in [0.29, 0.717) is 6.20 Å². The highest BCUT2D eigenvalue weighted by Crippen LogP contribution is 2.39. The molecule has 10 heteroatoms. The monoisotopic (exact) mass is 329 g/mol. The van der Waals surface area contributed by atoms with Gasteiger partial charge in [-0.25, -0.2) is 8.78 Å². The summed E-state index contributed by atoms with van der Waals surface area (Å²) >= 11 is 0. The van der Waals surface area contributed by atoms with Gasteiger partial charge in [0.15, 0.2) is 11.5 Å². The summed E-state index contributed by atoms with van der Waals surface area (Å²) in [5, 5.41) is 0. The van der Waals surface area contributed by atoms with Crippen LogP contribution in [0.4, 0.5) is 22.0 Å². The molecule has 0 N–H and O–H groups in total. The Labute approximate surface area is 122 Å². The summed E-state index contributed by atoms with van der Waals surface area (Å²) in [6.45, 7) is 1.40. The Morgan fingerprint density at radius 1 is 1.36 bits per heavy atom. The Bertz CT molecular complexity index is 533. The number of carbonyl (C=O) groups is 1. The summed E-state index contributed by atoms with van der Waals surface area (Å²) in [6, 6.07) is 0. The fourth-order valence-electron chi connectivity index (χ4n) is 1.62. The molecule has 1 heterocycles. The van der Waals surface area contributed by atoms with E-state index in [2.05, 4.69) is 19.2 Å². The number of halogens is 5. The Morgan fingerprint density at radius 3 is 2.45 bits per heavy atom. The lowest BCUT2D eigenvalue weighted by Gasteiger charge is -2.18. The highest BCUT2D eigenvalue weighted by molar-refractivity contribution is 5.74. The number of nitrogens with zero attached hydrogens (tertiary/aromatic N) is 1. The molecule has 0 aliphatic heterocycles. The molecular formula is C12H12F5NO4. The van der Waals surface area contributed by atoms with Gasteiger partial charge in [-0.05, 0) is 6.92 Å². The van der Waals surface area contributed by atoms with Crippen molar-refractivity contribution in [3.63, 3.8) is 0 Å². The second kappa shape index (κ2) is 7.23. The van der Waals surface area contributed by atoms with Crippen molar-refractivity contribution < 1.29 is 41.0 Å². The highest BCUT2D eigenvalue weighted by atomic mass is 19.4. The molecule has 0 saturated heterocycles. The van der Waals surface area contributed by atoms with Gasteiger partial charge in [0.2, 0.25) is 0 Å². The smallest absolute Gasteiger partial charge is 0.491 e. The summed E-state index contributed by atoms with van der Waals surface area (Å²) in [7, 11) is 1.01. The predicted molar refractivity (Wildman–Crippen MR) is 62.8 cm³/mol. The van der Waals surface area contributed by atoms with E-state index in [4.69, 9.17) is 0 Å². The van der Waals surface area contributed by atoms with Crippen molar-refractivity contribution in [3.8, 4) is 11.5 Å². The average molecular weight is 329 g/mol. The lowest BCUT2D eigenvalue weighted by Crippen LogP contribution is -2.21. The second-order valence-corrected chi connectivity index (χ2v) is 3.85. The third kappa shape index (κ3) is 4.71. The van der Waals surface area contributed by atoms with Crippen LogP contribution in [-0.2, 0) is 16.0 Å². The maximum absolute atomic E-state index is 12.9. The molecule has 0 radical (unpaired) electrons. The number of carbonyl (C=O) groups excluding carboxylic acids is 1. The summed E-state index contributed by atoms with van der Waals surface area (Å²) in [4.78, 5) is 14.8. The van der Waals surface area contributed by atoms with E-state index in [1.165, 1.54) is 6.92 Å². The Kier molecular flexibility index (Phi) is 5.89. The molecule has 0 aliphatic rings. The van der Waals surface area contributed by atoms with Gasteiger partial charge in [0.25, 0.3) is 6.43 Å². The van der Waals surface area contributed by atoms with Crippen LogP contribution < -0.4 is 9.47 Å². The molecule has 22 heavy (non-hydrogen) atoms. The number of esters is 1. The Balaban J connectivity index is 3.39. The minimum absolute atomic E-state index is 0.0598. The zero-order chi connectivity index (χ0) is 16.9. The first-order valence-corrected chi connectivity index (χ1v) is 5.94. The zero-order valence-electron chi connectivity index (χ0n) is 11.5. The molecule has 1 rings (SSSR count). The van der Waals surface area contributed by atoms with Crippen LogP contribution in [-0.4, -0.2) is 31.0 Å². The van der Waals surface area contributed by atoms with Gasteiger partial charge in [0, 0.05) is 5.56 Å². The molecule has 0 saturated carbocycles. The van der Waals surface area contributed by atoms with Crippen molar-refractivity contribution in [1.29, 1.82) is 0 Å². The van der Waals surface area contributed by atoms with E-state index in [-0.39, 0.29) is 6.61 Å². The third-order valence-electron chi connectivity index (χ3n) is 2.40. The van der Waals surface area contributed by atoms with Gasteiger partial charge in [0.05, 0.1) is 26.3 Å². The van der Waals surface area contributed by atoms with Gasteiger partial charge in [-0.2, -0.15) is 0 Å². The molecule has 5 nitrogen and oxygen atoms in total. The first kappa shape index (κ1) is 17.9. The fraction of sp³-hybridized carbons (Fsp3) is 0.500. The molecule has 0 bridgehead atoms. The van der Waals surface area contributed by atoms with E-state index in [0.717, 1.165) is 7.11 Å². The van der Waals surface area contributed by atoms with Crippen LogP contribution in [0.2, 0.25) is 0 Å². The summed E-state index contributed by atoms with van der Waals surface area (Å²) in [6.07, 6.45) is -8.55. The van der Waals surface area contributed by atoms with Gasteiger partial charge in [-0.1, -0.05) is 0 Å². The average Bonchev–Trinajstić information content (AvgIpc) is 2.38. The molecule has 0 spiro atoms. The minimum Gasteiger partial charge on any atom is -0.491 e. The van der Waals surface area contributed by atoms with E-state index in [9.17, 15) is 26.7 Å². The van der Waals surface area contributed by atoms with Crippen molar-refractivity contribution in [2.45, 2.75) is 26.1 Å². The maximum atomic E-state index is 12.9. The molecular weight excluding hydrogens is 317 g/mol. The van der Waals surface area contributed by atoms with Crippen LogP contribution >= 0.6 is 0 Å². The standard InChI is InChI=1S/C12H12F5NO4/c1-3-21-8(19)4-6-9(11(13)14)18-5-7(20-2)10(6)22-12(15,16)17/h5,11H,3-4H2,1-2H3. The maximum Gasteiger partial charge on any atom is 0.573 e. The first-order valence-electron chi connectivity index (χ1n) is 5.94. The second-order valence-electron chi connectivity index (χ2n) is 3.85. The quantitative estimate of drug-likeness (QED) is 0.593. The van der Waals surface area contributed by atoms with E-state index >= 15 is 0 Å². The van der Waals surface area contributed by atoms with E-state index in [1.807, 2.05) is 0 Å². The summed E-state index contributed by atoms with van der Waals surface area (Å²) in [5.74, 6) is -2.55. The Morgan fingerprint density at radius 2 is 2.00 bits per heavy atom. The minimum atomic E-state index is -5.16. The van der Waals surface area contributed by atoms with Crippen molar-refractivity contribution in [3.05, 3.63) is 17.5 Å². The highest BCUT2D eigenvalue weighted by Gasteiger charge is 2.36. The van der Waals surface area contributed by atoms with Crippen molar-refractivity contribution in [2.24, 2.45) is 0 Å². The van der Waals surface area contributed by atoms with Gasteiger partial charge >= 0.3 is 12.3 Å². The summed E-state index contributed by atoms with van der Waals surface area (Å²) in [5.41, 5.74) is -1.74. The molecule has 0 aromatic carbocycles. The molecule has 124 valence electrons. The van der Waals surface area contributed by atoms with Crippen LogP contribution in [0, 0.1) is 0 Å². The van der Waals surface area contributed by atoms with Crippen molar-refractivity contribution >= 4 is 5.97 Å². The molecule has 0 amide bonds. The SMILES string of the molecule is CCOC(=O)Cc1c(C(F)F)ncc(OC)c1OC(F)(F)F. The molecule has 0 aliphatic carbocycles. The zero-order valence-corrected chi connectivity index (χ0v) is 11.5. The molecule has 0 unspecified atom stereocenters. The number of hydrogen-bond acceptors (Lipinski definition) is 5. The van der Waals surface area contributed by atoms with Gasteiger partial charge in [0.1, 0.15) is 5.69 Å². The number of aromatic nitrogens is 1. The van der Waals surface area contributed by atoms with Crippen molar-refractivity contribution in [1.82, 2.24) is 4.98 Å². The van der Waals surface area contributed by atoms with Crippen LogP contribution in [0.15, 0.2) is 6.20 Å². The molecule has 0 atom stereocenters. The largest absolute Gasteiger partial charge is 0.573 e. The van der Waals surface area contributed by atoms with Crippen LogP contribution in [0.25, 0.3) is 0 Å². The van der Waals surface area contributed by atoms with Crippen molar-refractivity contribution in [2.75, 3.05) is 13.7 Å². The van der Waals surface area contributed by atoms with Gasteiger partial charge in [-0.15, -0.1) is 13.2 Å². The normalized spacial score (nSPS) is 11.5. The van der Waals surface area contributed by atoms with Crippen LogP contribution in [0.1, 0.15) is 24.6 Å². The number of methoxy groups -OCH3 is 1. The summed E-state index contributed by atoms with van der Waals surface area (Å²) < 4.78 is 76.1.